The molecule has 3 heteroatoms. The standard InChI is InChI=1S/C20H32O2Si/c1-19(2,3)23(4,5)22-17-11-10-15-12-20(15,17)18-16-9-7-6-8-14(16)13-21-18/h13,15,17H,6-12H2,1-5H3. The van der Waals surface area contributed by atoms with E-state index in [-0.39, 0.29) is 10.5 Å². The van der Waals surface area contributed by atoms with Crippen molar-refractivity contribution in [2.75, 3.05) is 0 Å². The van der Waals surface area contributed by atoms with E-state index in [2.05, 4.69) is 40.1 Å². The van der Waals surface area contributed by atoms with Gasteiger partial charge in [0.25, 0.3) is 0 Å². The molecule has 2 nitrogen and oxygen atoms in total. The molecule has 1 aromatic rings. The van der Waals surface area contributed by atoms with Gasteiger partial charge in [0.1, 0.15) is 5.76 Å². The normalized spacial score (nSPS) is 33.4. The Kier molecular flexibility index (Phi) is 3.46. The van der Waals surface area contributed by atoms with Gasteiger partial charge in [-0.05, 0) is 80.1 Å². The second-order valence-electron chi connectivity index (χ2n) is 9.66. The fraction of sp³-hybridized carbons (Fsp3) is 0.800. The molecule has 0 saturated heterocycles. The van der Waals surface area contributed by atoms with E-state index in [0.717, 1.165) is 5.92 Å². The van der Waals surface area contributed by atoms with Crippen molar-refractivity contribution < 1.29 is 8.84 Å². The molecule has 3 aliphatic rings. The summed E-state index contributed by atoms with van der Waals surface area (Å²) in [6, 6.07) is 0. The zero-order chi connectivity index (χ0) is 16.5. The first kappa shape index (κ1) is 16.0. The predicted octanol–water partition coefficient (Wildman–Crippen LogP) is 5.60. The Morgan fingerprint density at radius 1 is 1.17 bits per heavy atom. The minimum atomic E-state index is -1.72. The molecule has 1 heterocycles. The lowest BCUT2D eigenvalue weighted by Crippen LogP contribution is -2.46. The maximum absolute atomic E-state index is 6.91. The van der Waals surface area contributed by atoms with E-state index in [1.54, 1.807) is 5.56 Å². The first-order chi connectivity index (χ1) is 10.8. The topological polar surface area (TPSA) is 22.4 Å². The first-order valence-electron chi connectivity index (χ1n) is 9.53. The van der Waals surface area contributed by atoms with Gasteiger partial charge in [0.15, 0.2) is 8.32 Å². The van der Waals surface area contributed by atoms with E-state index >= 15 is 0 Å². The maximum atomic E-state index is 6.91. The smallest absolute Gasteiger partial charge is 0.192 e. The molecule has 3 atom stereocenters. The second-order valence-corrected chi connectivity index (χ2v) is 14.4. The molecule has 3 aliphatic carbocycles. The van der Waals surface area contributed by atoms with Gasteiger partial charge < -0.3 is 8.84 Å². The van der Waals surface area contributed by atoms with Crippen LogP contribution in [0.25, 0.3) is 0 Å². The van der Waals surface area contributed by atoms with Crippen LogP contribution in [-0.4, -0.2) is 14.4 Å². The molecule has 0 spiro atoms. The third-order valence-electron chi connectivity index (χ3n) is 7.27. The molecule has 0 N–H and O–H groups in total. The largest absolute Gasteiger partial charge is 0.468 e. The Hall–Kier alpha value is -0.543. The van der Waals surface area contributed by atoms with Crippen molar-refractivity contribution in [3.63, 3.8) is 0 Å². The van der Waals surface area contributed by atoms with E-state index in [9.17, 15) is 0 Å². The Morgan fingerprint density at radius 3 is 2.61 bits per heavy atom. The van der Waals surface area contributed by atoms with Gasteiger partial charge in [0.2, 0.25) is 0 Å². The van der Waals surface area contributed by atoms with Crippen LogP contribution in [0.1, 0.15) is 69.8 Å². The molecule has 0 aromatic carbocycles. The highest BCUT2D eigenvalue weighted by Gasteiger charge is 2.67. The van der Waals surface area contributed by atoms with Crippen LogP contribution in [0.15, 0.2) is 10.7 Å². The first-order valence-corrected chi connectivity index (χ1v) is 12.4. The summed E-state index contributed by atoms with van der Waals surface area (Å²) in [5.41, 5.74) is 3.29. The lowest BCUT2D eigenvalue weighted by atomic mass is 9.87. The lowest BCUT2D eigenvalue weighted by molar-refractivity contribution is 0.137. The highest BCUT2D eigenvalue weighted by Crippen LogP contribution is 2.67. The molecule has 0 amide bonds. The highest BCUT2D eigenvalue weighted by molar-refractivity contribution is 6.74. The van der Waals surface area contributed by atoms with Gasteiger partial charge in [0.05, 0.1) is 17.8 Å². The number of hydrogen-bond acceptors (Lipinski definition) is 2. The Bertz CT molecular complexity index is 610. The van der Waals surface area contributed by atoms with Crippen molar-refractivity contribution in [2.45, 2.75) is 95.4 Å². The van der Waals surface area contributed by atoms with Crippen LogP contribution in [0.5, 0.6) is 0 Å². The number of rotatable bonds is 3. The fourth-order valence-corrected chi connectivity index (χ4v) is 6.14. The number of furan rings is 1. The average molecular weight is 333 g/mol. The molecule has 2 fully saturated rings. The van der Waals surface area contributed by atoms with Crippen LogP contribution in [-0.2, 0) is 22.7 Å². The average Bonchev–Trinajstić information content (AvgIpc) is 2.87. The maximum Gasteiger partial charge on any atom is 0.192 e. The van der Waals surface area contributed by atoms with Crippen molar-refractivity contribution in [2.24, 2.45) is 5.92 Å². The zero-order valence-corrected chi connectivity index (χ0v) is 16.5. The Morgan fingerprint density at radius 2 is 1.91 bits per heavy atom. The molecular formula is C20H32O2Si. The van der Waals surface area contributed by atoms with Crippen molar-refractivity contribution >= 4 is 8.32 Å². The van der Waals surface area contributed by atoms with E-state index in [4.69, 9.17) is 8.84 Å². The third-order valence-corrected chi connectivity index (χ3v) is 11.8. The summed E-state index contributed by atoms with van der Waals surface area (Å²) in [6.45, 7) is 11.8. The number of fused-ring (bicyclic) bond motifs is 2. The molecular weight excluding hydrogens is 300 g/mol. The van der Waals surface area contributed by atoms with Crippen molar-refractivity contribution in [1.82, 2.24) is 0 Å². The van der Waals surface area contributed by atoms with Crippen LogP contribution in [0.3, 0.4) is 0 Å². The summed E-state index contributed by atoms with van der Waals surface area (Å²) >= 11 is 0. The van der Waals surface area contributed by atoms with Crippen molar-refractivity contribution in [1.29, 1.82) is 0 Å². The van der Waals surface area contributed by atoms with Gasteiger partial charge in [-0.1, -0.05) is 20.8 Å². The number of hydrogen-bond donors (Lipinski definition) is 0. The van der Waals surface area contributed by atoms with Crippen LogP contribution in [0, 0.1) is 5.92 Å². The highest BCUT2D eigenvalue weighted by atomic mass is 28.4. The molecule has 23 heavy (non-hydrogen) atoms. The summed E-state index contributed by atoms with van der Waals surface area (Å²) in [5.74, 6) is 2.15. The minimum absolute atomic E-state index is 0.237. The lowest BCUT2D eigenvalue weighted by Gasteiger charge is -2.40. The van der Waals surface area contributed by atoms with Crippen molar-refractivity contribution in [3.8, 4) is 0 Å². The molecule has 2 saturated carbocycles. The summed E-state index contributed by atoms with van der Waals surface area (Å²) in [5, 5.41) is 0.282. The third kappa shape index (κ3) is 2.30. The predicted molar refractivity (Wildman–Crippen MR) is 96.4 cm³/mol. The fourth-order valence-electron chi connectivity index (χ4n) is 4.74. The van der Waals surface area contributed by atoms with Crippen LogP contribution in [0.2, 0.25) is 18.1 Å². The van der Waals surface area contributed by atoms with E-state index in [1.165, 1.54) is 56.3 Å². The van der Waals surface area contributed by atoms with Gasteiger partial charge in [-0.25, -0.2) is 0 Å². The van der Waals surface area contributed by atoms with E-state index in [0.29, 0.717) is 6.10 Å². The SMILES string of the molecule is CC(C)(C)[Si](C)(C)OC1CCC2CC21c1occ2c1CCCC2. The molecule has 0 aliphatic heterocycles. The van der Waals surface area contributed by atoms with E-state index in [1.807, 2.05) is 0 Å². The molecule has 1 aromatic heterocycles. The van der Waals surface area contributed by atoms with Crippen LogP contribution >= 0.6 is 0 Å². The van der Waals surface area contributed by atoms with Gasteiger partial charge in [0, 0.05) is 0 Å². The van der Waals surface area contributed by atoms with Crippen molar-refractivity contribution in [3.05, 3.63) is 23.2 Å². The summed E-state index contributed by atoms with van der Waals surface area (Å²) < 4.78 is 13.1. The van der Waals surface area contributed by atoms with Gasteiger partial charge in [-0.15, -0.1) is 0 Å². The Labute approximate surface area is 142 Å². The molecule has 0 radical (unpaired) electrons. The molecule has 128 valence electrons. The summed E-state index contributed by atoms with van der Waals surface area (Å²) in [6.07, 6.45) is 11.4. The second kappa shape index (κ2) is 4.98. The Balaban J connectivity index is 1.65. The number of aryl methyl sites for hydroxylation is 1. The molecule has 3 unspecified atom stereocenters. The zero-order valence-electron chi connectivity index (χ0n) is 15.5. The van der Waals surface area contributed by atoms with Gasteiger partial charge in [-0.2, -0.15) is 0 Å². The van der Waals surface area contributed by atoms with Crippen LogP contribution < -0.4 is 0 Å². The molecule has 0 bridgehead atoms. The van der Waals surface area contributed by atoms with Gasteiger partial charge >= 0.3 is 0 Å². The monoisotopic (exact) mass is 332 g/mol. The van der Waals surface area contributed by atoms with Gasteiger partial charge in [-0.3, -0.25) is 0 Å². The molecule has 4 rings (SSSR count). The summed E-state index contributed by atoms with van der Waals surface area (Å²) in [7, 11) is -1.72. The summed E-state index contributed by atoms with van der Waals surface area (Å²) in [4.78, 5) is 0. The van der Waals surface area contributed by atoms with Crippen LogP contribution in [0.4, 0.5) is 0 Å². The minimum Gasteiger partial charge on any atom is -0.468 e. The van der Waals surface area contributed by atoms with E-state index < -0.39 is 8.32 Å². The quantitative estimate of drug-likeness (QED) is 0.672.